The monoisotopic (exact) mass is 274 g/mol. The van der Waals surface area contributed by atoms with Crippen molar-refractivity contribution in [2.45, 2.75) is 19.4 Å². The maximum Gasteiger partial charge on any atom is 0.248 e. The molecule has 0 aliphatic rings. The van der Waals surface area contributed by atoms with Crippen LogP contribution in [0.3, 0.4) is 0 Å². The minimum Gasteiger partial charge on any atom is -0.343 e. The van der Waals surface area contributed by atoms with Crippen LogP contribution in [0.15, 0.2) is 34.9 Å². The molecule has 2 rings (SSSR count). The number of hydrogen-bond acceptors (Lipinski definition) is 5. The van der Waals surface area contributed by atoms with Crippen molar-refractivity contribution in [3.8, 4) is 0 Å². The first kappa shape index (κ1) is 14.2. The van der Waals surface area contributed by atoms with Gasteiger partial charge in [-0.1, -0.05) is 35.5 Å². The highest BCUT2D eigenvalue weighted by Crippen LogP contribution is 2.12. The van der Waals surface area contributed by atoms with E-state index in [1.165, 1.54) is 0 Å². The second kappa shape index (κ2) is 6.81. The Labute approximate surface area is 117 Å². The van der Waals surface area contributed by atoms with Gasteiger partial charge in [0.15, 0.2) is 5.82 Å². The van der Waals surface area contributed by atoms with E-state index in [1.807, 2.05) is 37.3 Å². The molecule has 2 N–H and O–H groups in total. The van der Waals surface area contributed by atoms with Crippen molar-refractivity contribution in [3.05, 3.63) is 47.6 Å². The third-order valence-corrected chi connectivity index (χ3v) is 2.77. The number of carbonyl (C=O) groups is 1. The summed E-state index contributed by atoms with van der Waals surface area (Å²) >= 11 is 0. The first-order valence-electron chi connectivity index (χ1n) is 6.49. The molecule has 1 amide bonds. The Kier molecular flexibility index (Phi) is 4.84. The zero-order chi connectivity index (χ0) is 14.4. The maximum absolute atomic E-state index is 11.5. The molecular formula is C14H18N4O2. The van der Waals surface area contributed by atoms with E-state index in [4.69, 9.17) is 4.52 Å². The van der Waals surface area contributed by atoms with E-state index in [9.17, 15) is 4.79 Å². The molecule has 0 radical (unpaired) electrons. The Morgan fingerprint density at radius 2 is 2.10 bits per heavy atom. The third-order valence-electron chi connectivity index (χ3n) is 2.77. The van der Waals surface area contributed by atoms with E-state index in [1.54, 1.807) is 7.05 Å². The highest BCUT2D eigenvalue weighted by atomic mass is 16.5. The molecule has 20 heavy (non-hydrogen) atoms. The molecule has 0 bridgehead atoms. The van der Waals surface area contributed by atoms with Gasteiger partial charge in [-0.15, -0.1) is 0 Å². The van der Waals surface area contributed by atoms with Crippen molar-refractivity contribution in [2.75, 3.05) is 13.6 Å². The molecule has 1 aromatic heterocycles. The van der Waals surface area contributed by atoms with Crippen LogP contribution in [0.5, 0.6) is 0 Å². The number of nitrogens with zero attached hydrogens (tertiary/aromatic N) is 2. The quantitative estimate of drug-likeness (QED) is 0.823. The number of nitrogens with one attached hydrogen (secondary N) is 2. The van der Waals surface area contributed by atoms with Crippen LogP contribution in [0, 0.1) is 0 Å². The predicted octanol–water partition coefficient (Wildman–Crippen LogP) is 1.06. The topological polar surface area (TPSA) is 80.0 Å². The molecule has 1 heterocycles. The SMILES string of the molecule is CNCC(=O)NC(C)c1nc(Cc2ccccc2)no1. The summed E-state index contributed by atoms with van der Waals surface area (Å²) in [7, 11) is 1.72. The lowest BCUT2D eigenvalue weighted by Crippen LogP contribution is -2.34. The van der Waals surface area contributed by atoms with Crippen molar-refractivity contribution in [2.24, 2.45) is 0 Å². The van der Waals surface area contributed by atoms with E-state index in [0.29, 0.717) is 18.1 Å². The van der Waals surface area contributed by atoms with Crippen LogP contribution >= 0.6 is 0 Å². The van der Waals surface area contributed by atoms with Gasteiger partial charge in [-0.2, -0.15) is 4.98 Å². The van der Waals surface area contributed by atoms with Crippen LogP contribution < -0.4 is 10.6 Å². The van der Waals surface area contributed by atoms with Gasteiger partial charge in [-0.3, -0.25) is 4.79 Å². The molecule has 0 spiro atoms. The van der Waals surface area contributed by atoms with Gasteiger partial charge in [-0.05, 0) is 19.5 Å². The molecule has 2 aromatic rings. The van der Waals surface area contributed by atoms with Gasteiger partial charge in [0.05, 0.1) is 6.54 Å². The van der Waals surface area contributed by atoms with Crippen LogP contribution in [0.4, 0.5) is 0 Å². The van der Waals surface area contributed by atoms with Crippen LogP contribution in [0.1, 0.15) is 30.2 Å². The fourth-order valence-electron chi connectivity index (χ4n) is 1.81. The van der Waals surface area contributed by atoms with Gasteiger partial charge in [0, 0.05) is 6.42 Å². The molecule has 1 unspecified atom stereocenters. The second-order valence-corrected chi connectivity index (χ2v) is 4.53. The highest BCUT2D eigenvalue weighted by molar-refractivity contribution is 5.78. The lowest BCUT2D eigenvalue weighted by molar-refractivity contribution is -0.120. The number of likely N-dealkylation sites (N-methyl/N-ethyl adjacent to an activating group) is 1. The lowest BCUT2D eigenvalue weighted by atomic mass is 10.1. The highest BCUT2D eigenvalue weighted by Gasteiger charge is 2.16. The van der Waals surface area contributed by atoms with Crippen LogP contribution in [-0.2, 0) is 11.2 Å². The summed E-state index contributed by atoms with van der Waals surface area (Å²) in [5, 5.41) is 9.49. The largest absolute Gasteiger partial charge is 0.343 e. The Bertz CT molecular complexity index is 553. The fraction of sp³-hybridized carbons (Fsp3) is 0.357. The Balaban J connectivity index is 1.96. The third kappa shape index (κ3) is 3.89. The first-order chi connectivity index (χ1) is 9.69. The van der Waals surface area contributed by atoms with Crippen LogP contribution in [0.2, 0.25) is 0 Å². The number of aromatic nitrogens is 2. The fourth-order valence-corrected chi connectivity index (χ4v) is 1.81. The smallest absolute Gasteiger partial charge is 0.248 e. The molecule has 0 fully saturated rings. The van der Waals surface area contributed by atoms with Gasteiger partial charge in [0.25, 0.3) is 0 Å². The normalized spacial score (nSPS) is 12.1. The maximum atomic E-state index is 11.5. The molecule has 0 aliphatic carbocycles. The molecule has 6 heteroatoms. The molecule has 0 aliphatic heterocycles. The van der Waals surface area contributed by atoms with Crippen LogP contribution in [0.25, 0.3) is 0 Å². The van der Waals surface area contributed by atoms with Gasteiger partial charge in [-0.25, -0.2) is 0 Å². The molecule has 6 nitrogen and oxygen atoms in total. The molecule has 0 saturated carbocycles. The number of carbonyl (C=O) groups excluding carboxylic acids is 1. The van der Waals surface area contributed by atoms with Crippen LogP contribution in [-0.4, -0.2) is 29.6 Å². The van der Waals surface area contributed by atoms with Gasteiger partial charge in [0.2, 0.25) is 11.8 Å². The van der Waals surface area contributed by atoms with Gasteiger partial charge in [0.1, 0.15) is 6.04 Å². The number of rotatable bonds is 6. The summed E-state index contributed by atoms with van der Waals surface area (Å²) < 4.78 is 5.18. The molecule has 1 aromatic carbocycles. The van der Waals surface area contributed by atoms with Gasteiger partial charge >= 0.3 is 0 Å². The Morgan fingerprint density at radius 3 is 2.80 bits per heavy atom. The summed E-state index contributed by atoms with van der Waals surface area (Å²) in [5.41, 5.74) is 1.12. The second-order valence-electron chi connectivity index (χ2n) is 4.53. The van der Waals surface area contributed by atoms with Crippen molar-refractivity contribution in [3.63, 3.8) is 0 Å². The Hall–Kier alpha value is -2.21. The summed E-state index contributed by atoms with van der Waals surface area (Å²) in [6.07, 6.45) is 0.613. The minimum absolute atomic E-state index is 0.109. The molecule has 0 saturated heterocycles. The number of benzene rings is 1. The van der Waals surface area contributed by atoms with E-state index in [2.05, 4.69) is 20.8 Å². The molecular weight excluding hydrogens is 256 g/mol. The van der Waals surface area contributed by atoms with Crippen molar-refractivity contribution in [1.29, 1.82) is 0 Å². The average Bonchev–Trinajstić information content (AvgIpc) is 2.89. The standard InChI is InChI=1S/C14H18N4O2/c1-10(16-13(19)9-15-2)14-17-12(18-20-14)8-11-6-4-3-5-7-11/h3-7,10,15H,8-9H2,1-2H3,(H,16,19). The lowest BCUT2D eigenvalue weighted by Gasteiger charge is -2.08. The van der Waals surface area contributed by atoms with E-state index in [-0.39, 0.29) is 18.5 Å². The molecule has 1 atom stereocenters. The van der Waals surface area contributed by atoms with Crippen molar-refractivity contribution < 1.29 is 9.32 Å². The van der Waals surface area contributed by atoms with Gasteiger partial charge < -0.3 is 15.2 Å². The number of amides is 1. The zero-order valence-corrected chi connectivity index (χ0v) is 11.6. The van der Waals surface area contributed by atoms with E-state index in [0.717, 1.165) is 5.56 Å². The summed E-state index contributed by atoms with van der Waals surface area (Å²) in [5.74, 6) is 0.920. The average molecular weight is 274 g/mol. The van der Waals surface area contributed by atoms with Crippen molar-refractivity contribution >= 4 is 5.91 Å². The first-order valence-corrected chi connectivity index (χ1v) is 6.49. The predicted molar refractivity (Wildman–Crippen MR) is 74.0 cm³/mol. The van der Waals surface area contributed by atoms with Crippen molar-refractivity contribution in [1.82, 2.24) is 20.8 Å². The zero-order valence-electron chi connectivity index (χ0n) is 11.6. The minimum atomic E-state index is -0.298. The van der Waals surface area contributed by atoms with E-state index >= 15 is 0 Å². The molecule has 106 valence electrons. The van der Waals surface area contributed by atoms with E-state index < -0.39 is 0 Å². The Morgan fingerprint density at radius 1 is 1.35 bits per heavy atom. The summed E-state index contributed by atoms with van der Waals surface area (Å²) in [4.78, 5) is 15.8. The number of hydrogen-bond donors (Lipinski definition) is 2. The summed E-state index contributed by atoms with van der Waals surface area (Å²) in [6, 6.07) is 9.62. The summed E-state index contributed by atoms with van der Waals surface area (Å²) in [6.45, 7) is 2.07.